The number of imide groups is 1. The first kappa shape index (κ1) is 15.4. The summed E-state index contributed by atoms with van der Waals surface area (Å²) in [7, 11) is 0. The van der Waals surface area contributed by atoms with Gasteiger partial charge in [0.2, 0.25) is 5.95 Å². The van der Waals surface area contributed by atoms with Gasteiger partial charge in [0, 0.05) is 32.7 Å². The van der Waals surface area contributed by atoms with Crippen molar-refractivity contribution in [3.63, 3.8) is 0 Å². The predicted octanol–water partition coefficient (Wildman–Crippen LogP) is 0.567. The van der Waals surface area contributed by atoms with Crippen LogP contribution in [0.4, 0.5) is 19.9 Å². The molecule has 2 aliphatic heterocycles. The summed E-state index contributed by atoms with van der Waals surface area (Å²) in [6, 6.07) is -0.685. The van der Waals surface area contributed by atoms with Crippen molar-refractivity contribution in [2.75, 3.05) is 37.6 Å². The Kier molecular flexibility index (Phi) is 4.54. The van der Waals surface area contributed by atoms with Gasteiger partial charge in [0.25, 0.3) is 0 Å². The molecule has 2 aliphatic rings. The van der Waals surface area contributed by atoms with E-state index in [2.05, 4.69) is 20.6 Å². The molecule has 3 rings (SSSR count). The number of nitrogens with zero attached hydrogens (tertiary/aromatic N) is 4. The molecule has 0 aromatic carbocycles. The zero-order chi connectivity index (χ0) is 16.2. The molecule has 0 saturated carbocycles. The van der Waals surface area contributed by atoms with E-state index in [1.54, 1.807) is 0 Å². The minimum absolute atomic E-state index is 0.342. The van der Waals surface area contributed by atoms with Gasteiger partial charge in [0.1, 0.15) is 0 Å². The van der Waals surface area contributed by atoms with Crippen LogP contribution in [0.2, 0.25) is 0 Å². The Labute approximate surface area is 133 Å². The number of halogens is 1. The fraction of sp³-hybridized carbons (Fsp3) is 0.571. The number of aromatic nitrogens is 2. The van der Waals surface area contributed by atoms with E-state index in [1.807, 2.05) is 4.90 Å². The molecule has 0 unspecified atom stereocenters. The summed E-state index contributed by atoms with van der Waals surface area (Å²) in [5, 5.41) is 5.41. The molecule has 0 radical (unpaired) electrons. The van der Waals surface area contributed by atoms with E-state index < -0.39 is 5.82 Å². The van der Waals surface area contributed by atoms with E-state index in [0.29, 0.717) is 31.5 Å². The predicted molar refractivity (Wildman–Crippen MR) is 80.4 cm³/mol. The number of anilines is 1. The van der Waals surface area contributed by atoms with Crippen molar-refractivity contribution in [1.82, 2.24) is 25.5 Å². The van der Waals surface area contributed by atoms with Crippen LogP contribution >= 0.6 is 0 Å². The van der Waals surface area contributed by atoms with Gasteiger partial charge in [-0.15, -0.1) is 0 Å². The smallest absolute Gasteiger partial charge is 0.325 e. The number of carbonyl (C=O) groups excluding carboxylic acids is 2. The number of piperidine rings is 1. The molecule has 2 N–H and O–H groups in total. The number of nitrogens with one attached hydrogen (secondary N) is 2. The van der Waals surface area contributed by atoms with Gasteiger partial charge in [0.15, 0.2) is 5.82 Å². The molecule has 2 fully saturated rings. The van der Waals surface area contributed by atoms with Crippen LogP contribution in [0.15, 0.2) is 12.4 Å². The molecular weight excluding hydrogens is 303 g/mol. The standard InChI is InChI=1S/C14H19FN6O2/c15-11-8-17-12(18-9-11)20-4-1-10(2-5-20)7-19-14(23)21-6-3-16-13(21)22/h8-10H,1-7H2,(H,16,22)(H,19,23). The lowest BCUT2D eigenvalue weighted by Crippen LogP contribution is -2.45. The Morgan fingerprint density at radius 2 is 2.00 bits per heavy atom. The Balaban J connectivity index is 1.43. The lowest BCUT2D eigenvalue weighted by atomic mass is 9.97. The van der Waals surface area contributed by atoms with Crippen LogP contribution in [0.1, 0.15) is 12.8 Å². The first-order valence-corrected chi connectivity index (χ1v) is 7.69. The topological polar surface area (TPSA) is 90.5 Å². The van der Waals surface area contributed by atoms with Crippen molar-refractivity contribution in [3.8, 4) is 0 Å². The molecule has 4 amide bonds. The molecule has 0 aliphatic carbocycles. The Morgan fingerprint density at radius 1 is 1.30 bits per heavy atom. The van der Waals surface area contributed by atoms with Gasteiger partial charge in [-0.3, -0.25) is 0 Å². The van der Waals surface area contributed by atoms with Crippen molar-refractivity contribution < 1.29 is 14.0 Å². The lowest BCUT2D eigenvalue weighted by Gasteiger charge is -2.32. The molecule has 124 valence electrons. The zero-order valence-electron chi connectivity index (χ0n) is 12.7. The monoisotopic (exact) mass is 322 g/mol. The second kappa shape index (κ2) is 6.76. The highest BCUT2D eigenvalue weighted by Crippen LogP contribution is 2.20. The summed E-state index contributed by atoms with van der Waals surface area (Å²) in [6.45, 7) is 2.97. The van der Waals surface area contributed by atoms with Crippen molar-refractivity contribution in [2.24, 2.45) is 5.92 Å². The number of hydrogen-bond acceptors (Lipinski definition) is 5. The Hall–Kier alpha value is -2.45. The quantitative estimate of drug-likeness (QED) is 0.849. The van der Waals surface area contributed by atoms with Gasteiger partial charge in [-0.2, -0.15) is 0 Å². The van der Waals surface area contributed by atoms with Crippen LogP contribution in [-0.4, -0.2) is 59.7 Å². The lowest BCUT2D eigenvalue weighted by molar-refractivity contribution is 0.197. The first-order chi connectivity index (χ1) is 11.1. The van der Waals surface area contributed by atoms with Crippen LogP contribution in [0.5, 0.6) is 0 Å². The number of carbonyl (C=O) groups is 2. The van der Waals surface area contributed by atoms with Gasteiger partial charge in [-0.25, -0.2) is 28.8 Å². The maximum atomic E-state index is 12.8. The van der Waals surface area contributed by atoms with Gasteiger partial charge in [0.05, 0.1) is 12.4 Å². The zero-order valence-corrected chi connectivity index (χ0v) is 12.7. The largest absolute Gasteiger partial charge is 0.341 e. The van der Waals surface area contributed by atoms with E-state index in [0.717, 1.165) is 38.3 Å². The second-order valence-corrected chi connectivity index (χ2v) is 5.70. The van der Waals surface area contributed by atoms with E-state index >= 15 is 0 Å². The fourth-order valence-corrected chi connectivity index (χ4v) is 2.80. The molecule has 8 nitrogen and oxygen atoms in total. The van der Waals surface area contributed by atoms with Gasteiger partial charge in [-0.1, -0.05) is 0 Å². The van der Waals surface area contributed by atoms with Crippen LogP contribution < -0.4 is 15.5 Å². The fourth-order valence-electron chi connectivity index (χ4n) is 2.80. The SMILES string of the molecule is O=C1NCCN1C(=O)NCC1CCN(c2ncc(F)cn2)CC1. The summed E-state index contributed by atoms with van der Waals surface area (Å²) in [6.07, 6.45) is 4.09. The van der Waals surface area contributed by atoms with Crippen LogP contribution in [-0.2, 0) is 0 Å². The van der Waals surface area contributed by atoms with Crippen LogP contribution in [0.3, 0.4) is 0 Å². The molecule has 0 atom stereocenters. The van der Waals surface area contributed by atoms with Crippen molar-refractivity contribution in [3.05, 3.63) is 18.2 Å². The Bertz CT molecular complexity index is 573. The molecule has 0 bridgehead atoms. The molecule has 9 heteroatoms. The summed E-state index contributed by atoms with van der Waals surface area (Å²) >= 11 is 0. The molecule has 1 aromatic rings. The number of urea groups is 2. The van der Waals surface area contributed by atoms with E-state index in [4.69, 9.17) is 0 Å². The van der Waals surface area contributed by atoms with E-state index in [1.165, 1.54) is 4.90 Å². The molecule has 3 heterocycles. The van der Waals surface area contributed by atoms with Gasteiger partial charge in [-0.05, 0) is 18.8 Å². The third-order valence-corrected chi connectivity index (χ3v) is 4.15. The molecular formula is C14H19FN6O2. The third kappa shape index (κ3) is 3.66. The van der Waals surface area contributed by atoms with Gasteiger partial charge >= 0.3 is 12.1 Å². The van der Waals surface area contributed by atoms with Crippen LogP contribution in [0, 0.1) is 11.7 Å². The van der Waals surface area contributed by atoms with E-state index in [9.17, 15) is 14.0 Å². The summed E-state index contributed by atoms with van der Waals surface area (Å²) in [5.74, 6) is 0.432. The number of amides is 4. The maximum absolute atomic E-state index is 12.8. The maximum Gasteiger partial charge on any atom is 0.325 e. The van der Waals surface area contributed by atoms with Gasteiger partial charge < -0.3 is 15.5 Å². The Morgan fingerprint density at radius 3 is 2.61 bits per heavy atom. The highest BCUT2D eigenvalue weighted by molar-refractivity contribution is 5.94. The minimum Gasteiger partial charge on any atom is -0.341 e. The summed E-state index contributed by atoms with van der Waals surface area (Å²) < 4.78 is 12.8. The minimum atomic E-state index is -0.447. The highest BCUT2D eigenvalue weighted by atomic mass is 19.1. The molecule has 2 saturated heterocycles. The van der Waals surface area contributed by atoms with Crippen molar-refractivity contribution in [1.29, 1.82) is 0 Å². The van der Waals surface area contributed by atoms with Crippen LogP contribution in [0.25, 0.3) is 0 Å². The third-order valence-electron chi connectivity index (χ3n) is 4.15. The van der Waals surface area contributed by atoms with Crippen molar-refractivity contribution in [2.45, 2.75) is 12.8 Å². The second-order valence-electron chi connectivity index (χ2n) is 5.70. The summed E-state index contributed by atoms with van der Waals surface area (Å²) in [5.41, 5.74) is 0. The first-order valence-electron chi connectivity index (χ1n) is 7.69. The molecule has 1 aromatic heterocycles. The number of hydrogen-bond donors (Lipinski definition) is 2. The summed E-state index contributed by atoms with van der Waals surface area (Å²) in [4.78, 5) is 34.5. The average molecular weight is 322 g/mol. The van der Waals surface area contributed by atoms with Crippen molar-refractivity contribution >= 4 is 18.0 Å². The number of rotatable bonds is 3. The highest BCUT2D eigenvalue weighted by Gasteiger charge is 2.27. The molecule has 0 spiro atoms. The average Bonchev–Trinajstić information content (AvgIpc) is 3.00. The normalized spacial score (nSPS) is 18.9. The van der Waals surface area contributed by atoms with E-state index in [-0.39, 0.29) is 12.1 Å². The molecule has 23 heavy (non-hydrogen) atoms.